The van der Waals surface area contributed by atoms with Crippen molar-refractivity contribution in [1.82, 2.24) is 5.32 Å². The standard InChI is InChI=1S/C11H15NS/c1-3-4-5-7-12-10(2)11-6-8-13-9-11/h1,6,8-10,12H,4-5,7H2,2H3. The molecule has 1 nitrogen and oxygen atoms in total. The zero-order valence-corrected chi connectivity index (χ0v) is 8.73. The monoisotopic (exact) mass is 193 g/mol. The van der Waals surface area contributed by atoms with Gasteiger partial charge in [0.2, 0.25) is 0 Å². The fraction of sp³-hybridized carbons (Fsp3) is 0.455. The highest BCUT2D eigenvalue weighted by Gasteiger charge is 2.02. The Hall–Kier alpha value is -0.780. The van der Waals surface area contributed by atoms with Crippen LogP contribution in [0.15, 0.2) is 16.8 Å². The van der Waals surface area contributed by atoms with Gasteiger partial charge in [0.05, 0.1) is 0 Å². The molecule has 0 saturated carbocycles. The highest BCUT2D eigenvalue weighted by molar-refractivity contribution is 7.07. The Kier molecular flexibility index (Phi) is 4.59. The maximum Gasteiger partial charge on any atom is 0.0300 e. The van der Waals surface area contributed by atoms with E-state index in [0.29, 0.717) is 6.04 Å². The van der Waals surface area contributed by atoms with E-state index in [0.717, 1.165) is 19.4 Å². The van der Waals surface area contributed by atoms with Crippen LogP contribution in [0, 0.1) is 12.3 Å². The van der Waals surface area contributed by atoms with Crippen molar-refractivity contribution in [2.45, 2.75) is 25.8 Å². The van der Waals surface area contributed by atoms with E-state index in [9.17, 15) is 0 Å². The van der Waals surface area contributed by atoms with Crippen molar-refractivity contribution < 1.29 is 0 Å². The molecule has 1 heterocycles. The number of hydrogen-bond acceptors (Lipinski definition) is 2. The Morgan fingerprint density at radius 3 is 3.15 bits per heavy atom. The van der Waals surface area contributed by atoms with Crippen molar-refractivity contribution in [2.24, 2.45) is 0 Å². The Morgan fingerprint density at radius 2 is 2.54 bits per heavy atom. The summed E-state index contributed by atoms with van der Waals surface area (Å²) in [6, 6.07) is 2.60. The van der Waals surface area contributed by atoms with Gasteiger partial charge in [-0.1, -0.05) is 0 Å². The maximum atomic E-state index is 5.16. The van der Waals surface area contributed by atoms with Crippen molar-refractivity contribution in [3.63, 3.8) is 0 Å². The Morgan fingerprint density at radius 1 is 1.69 bits per heavy atom. The number of unbranched alkanes of at least 4 members (excludes halogenated alkanes) is 1. The predicted molar refractivity (Wildman–Crippen MR) is 58.8 cm³/mol. The number of terminal acetylenes is 1. The third-order valence-corrected chi connectivity index (χ3v) is 2.69. The molecule has 0 fully saturated rings. The van der Waals surface area contributed by atoms with E-state index in [1.165, 1.54) is 5.56 Å². The fourth-order valence-corrected chi connectivity index (χ4v) is 1.90. The first-order valence-electron chi connectivity index (χ1n) is 4.53. The summed E-state index contributed by atoms with van der Waals surface area (Å²) in [4.78, 5) is 0. The van der Waals surface area contributed by atoms with Crippen LogP contribution in [-0.2, 0) is 0 Å². The average molecular weight is 193 g/mol. The van der Waals surface area contributed by atoms with Gasteiger partial charge >= 0.3 is 0 Å². The SMILES string of the molecule is C#CCCCNC(C)c1ccsc1. The molecule has 0 radical (unpaired) electrons. The quantitative estimate of drug-likeness (QED) is 0.560. The summed E-state index contributed by atoms with van der Waals surface area (Å²) >= 11 is 1.74. The molecule has 0 aliphatic heterocycles. The second-order valence-electron chi connectivity index (χ2n) is 3.04. The van der Waals surface area contributed by atoms with Crippen molar-refractivity contribution in [3.8, 4) is 12.3 Å². The van der Waals surface area contributed by atoms with Crippen LogP contribution in [-0.4, -0.2) is 6.54 Å². The molecule has 1 aromatic rings. The largest absolute Gasteiger partial charge is 0.310 e. The normalized spacial score (nSPS) is 12.3. The van der Waals surface area contributed by atoms with Crippen molar-refractivity contribution in [2.75, 3.05) is 6.54 Å². The van der Waals surface area contributed by atoms with Crippen LogP contribution in [0.4, 0.5) is 0 Å². The summed E-state index contributed by atoms with van der Waals surface area (Å²) in [6.45, 7) is 3.18. The van der Waals surface area contributed by atoms with Crippen molar-refractivity contribution in [3.05, 3.63) is 22.4 Å². The van der Waals surface area contributed by atoms with Gasteiger partial charge in [-0.25, -0.2) is 0 Å². The minimum absolute atomic E-state index is 0.448. The van der Waals surface area contributed by atoms with E-state index in [1.807, 2.05) is 0 Å². The second-order valence-corrected chi connectivity index (χ2v) is 3.82. The molecule has 0 amide bonds. The van der Waals surface area contributed by atoms with Crippen LogP contribution in [0.2, 0.25) is 0 Å². The molecule has 0 spiro atoms. The van der Waals surface area contributed by atoms with Crippen LogP contribution < -0.4 is 5.32 Å². The van der Waals surface area contributed by atoms with Gasteiger partial charge in [-0.15, -0.1) is 12.3 Å². The van der Waals surface area contributed by atoms with Crippen LogP contribution in [0.3, 0.4) is 0 Å². The first kappa shape index (κ1) is 10.3. The van der Waals surface area contributed by atoms with E-state index in [1.54, 1.807) is 11.3 Å². The van der Waals surface area contributed by atoms with Crippen LogP contribution >= 0.6 is 11.3 Å². The van der Waals surface area contributed by atoms with E-state index in [-0.39, 0.29) is 0 Å². The Balaban J connectivity index is 2.19. The number of rotatable bonds is 5. The summed E-state index contributed by atoms with van der Waals surface area (Å²) in [5.41, 5.74) is 1.37. The van der Waals surface area contributed by atoms with Gasteiger partial charge in [-0.2, -0.15) is 11.3 Å². The lowest BCUT2D eigenvalue weighted by Gasteiger charge is -2.11. The first-order valence-corrected chi connectivity index (χ1v) is 5.48. The fourth-order valence-electron chi connectivity index (χ4n) is 1.15. The molecule has 0 aliphatic rings. The molecule has 70 valence electrons. The lowest BCUT2D eigenvalue weighted by atomic mass is 10.2. The summed E-state index contributed by atoms with van der Waals surface area (Å²) in [5.74, 6) is 2.64. The minimum Gasteiger partial charge on any atom is -0.310 e. The zero-order valence-electron chi connectivity index (χ0n) is 7.92. The number of nitrogens with one attached hydrogen (secondary N) is 1. The molecule has 1 unspecified atom stereocenters. The number of hydrogen-bond donors (Lipinski definition) is 1. The van der Waals surface area contributed by atoms with Gasteiger partial charge in [0.15, 0.2) is 0 Å². The van der Waals surface area contributed by atoms with Crippen molar-refractivity contribution >= 4 is 11.3 Å². The molecule has 0 saturated heterocycles. The molecular formula is C11H15NS. The third-order valence-electron chi connectivity index (χ3n) is 1.99. The van der Waals surface area contributed by atoms with E-state index < -0.39 is 0 Å². The smallest absolute Gasteiger partial charge is 0.0300 e. The predicted octanol–water partition coefficient (Wildman–Crippen LogP) is 2.81. The van der Waals surface area contributed by atoms with Gasteiger partial charge in [0.25, 0.3) is 0 Å². The molecule has 1 rings (SSSR count). The third kappa shape index (κ3) is 3.63. The van der Waals surface area contributed by atoms with Gasteiger partial charge in [0, 0.05) is 12.5 Å². The molecule has 0 bridgehead atoms. The van der Waals surface area contributed by atoms with Gasteiger partial charge in [-0.3, -0.25) is 0 Å². The van der Waals surface area contributed by atoms with Crippen LogP contribution in [0.1, 0.15) is 31.4 Å². The maximum absolute atomic E-state index is 5.16. The zero-order chi connectivity index (χ0) is 9.52. The molecular weight excluding hydrogens is 178 g/mol. The molecule has 0 aliphatic carbocycles. The van der Waals surface area contributed by atoms with Gasteiger partial charge in [0.1, 0.15) is 0 Å². The first-order chi connectivity index (χ1) is 6.34. The van der Waals surface area contributed by atoms with Crippen LogP contribution in [0.25, 0.3) is 0 Å². The topological polar surface area (TPSA) is 12.0 Å². The van der Waals surface area contributed by atoms with Gasteiger partial charge in [-0.05, 0) is 42.3 Å². The lowest BCUT2D eigenvalue weighted by molar-refractivity contribution is 0.564. The minimum atomic E-state index is 0.448. The highest BCUT2D eigenvalue weighted by atomic mass is 32.1. The molecule has 0 aromatic carbocycles. The number of thiophene rings is 1. The second kappa shape index (κ2) is 5.80. The van der Waals surface area contributed by atoms with Gasteiger partial charge < -0.3 is 5.32 Å². The highest BCUT2D eigenvalue weighted by Crippen LogP contribution is 2.15. The van der Waals surface area contributed by atoms with E-state index >= 15 is 0 Å². The van der Waals surface area contributed by atoms with E-state index in [2.05, 4.69) is 35.0 Å². The molecule has 1 aromatic heterocycles. The molecule has 1 atom stereocenters. The Bertz CT molecular complexity index is 258. The summed E-state index contributed by atoms with van der Waals surface area (Å²) in [7, 11) is 0. The summed E-state index contributed by atoms with van der Waals surface area (Å²) < 4.78 is 0. The summed E-state index contributed by atoms with van der Waals surface area (Å²) in [5, 5.41) is 7.72. The Labute approximate surface area is 84.2 Å². The summed E-state index contributed by atoms with van der Waals surface area (Å²) in [6.07, 6.45) is 7.09. The molecule has 2 heteroatoms. The molecule has 13 heavy (non-hydrogen) atoms. The average Bonchev–Trinajstić information content (AvgIpc) is 2.65. The van der Waals surface area contributed by atoms with Crippen LogP contribution in [0.5, 0.6) is 0 Å². The molecule has 1 N–H and O–H groups in total. The lowest BCUT2D eigenvalue weighted by Crippen LogP contribution is -2.19. The van der Waals surface area contributed by atoms with Crippen molar-refractivity contribution in [1.29, 1.82) is 0 Å². The van der Waals surface area contributed by atoms with E-state index in [4.69, 9.17) is 6.42 Å².